The number of halogens is 4. The van der Waals surface area contributed by atoms with Crippen molar-refractivity contribution in [1.82, 2.24) is 9.80 Å². The lowest BCUT2D eigenvalue weighted by atomic mass is 10.1. The summed E-state index contributed by atoms with van der Waals surface area (Å²) in [5, 5.41) is 0.760. The van der Waals surface area contributed by atoms with Gasteiger partial charge in [-0.1, -0.05) is 29.3 Å². The van der Waals surface area contributed by atoms with Crippen LogP contribution in [0.15, 0.2) is 42.5 Å². The Bertz CT molecular complexity index is 1000. The molecule has 0 saturated carbocycles. The maximum absolute atomic E-state index is 12.7. The van der Waals surface area contributed by atoms with E-state index in [0.29, 0.717) is 47.4 Å². The van der Waals surface area contributed by atoms with Crippen LogP contribution in [0, 0.1) is 0 Å². The molecule has 1 saturated heterocycles. The van der Waals surface area contributed by atoms with Crippen molar-refractivity contribution in [2.24, 2.45) is 0 Å². The molecule has 1 aliphatic rings. The molecule has 0 N–H and O–H groups in total. The van der Waals surface area contributed by atoms with Gasteiger partial charge in [0.25, 0.3) is 5.91 Å². The second-order valence-corrected chi connectivity index (χ2v) is 7.77. The van der Waals surface area contributed by atoms with Crippen LogP contribution >= 0.6 is 23.2 Å². The highest BCUT2D eigenvalue weighted by molar-refractivity contribution is 6.35. The minimum atomic E-state index is -2.96. The van der Waals surface area contributed by atoms with Crippen molar-refractivity contribution in [3.8, 4) is 11.5 Å². The highest BCUT2D eigenvalue weighted by Gasteiger charge is 2.24. The number of alkyl halides is 2. The predicted molar refractivity (Wildman–Crippen MR) is 118 cm³/mol. The molecule has 0 bridgehead atoms. The number of ether oxygens (including phenoxy) is 2. The summed E-state index contributed by atoms with van der Waals surface area (Å²) < 4.78 is 34.3. The van der Waals surface area contributed by atoms with Gasteiger partial charge in [0, 0.05) is 47.9 Å². The summed E-state index contributed by atoms with van der Waals surface area (Å²) in [7, 11) is 1.34. The molecule has 6 nitrogen and oxygen atoms in total. The third kappa shape index (κ3) is 6.11. The smallest absolute Gasteiger partial charge is 0.387 e. The van der Waals surface area contributed by atoms with E-state index in [0.717, 1.165) is 0 Å². The minimum Gasteiger partial charge on any atom is -0.493 e. The van der Waals surface area contributed by atoms with Gasteiger partial charge in [-0.15, -0.1) is 0 Å². The average molecular weight is 485 g/mol. The maximum Gasteiger partial charge on any atom is 0.387 e. The monoisotopic (exact) mass is 484 g/mol. The normalized spacial score (nSPS) is 14.2. The zero-order chi connectivity index (χ0) is 23.3. The molecule has 10 heteroatoms. The number of carbonyl (C=O) groups excluding carboxylic acids is 2. The van der Waals surface area contributed by atoms with Gasteiger partial charge in [0.15, 0.2) is 11.5 Å². The molecular formula is C22H20Cl2F2N2O4. The average Bonchev–Trinajstić information content (AvgIpc) is 2.76. The molecule has 2 aromatic carbocycles. The number of rotatable bonds is 6. The van der Waals surface area contributed by atoms with Gasteiger partial charge in [0.1, 0.15) is 0 Å². The zero-order valence-corrected chi connectivity index (χ0v) is 18.6. The van der Waals surface area contributed by atoms with Gasteiger partial charge in [-0.2, -0.15) is 8.78 Å². The number of methoxy groups -OCH3 is 1. The third-order valence-electron chi connectivity index (χ3n) is 4.81. The molecule has 1 fully saturated rings. The molecule has 0 aliphatic carbocycles. The van der Waals surface area contributed by atoms with E-state index in [2.05, 4.69) is 4.74 Å². The second-order valence-electron chi connectivity index (χ2n) is 6.90. The summed E-state index contributed by atoms with van der Waals surface area (Å²) in [5.41, 5.74) is 0.985. The maximum atomic E-state index is 12.7. The number of piperazine rings is 1. The van der Waals surface area contributed by atoms with Crippen LogP contribution in [0.25, 0.3) is 6.08 Å². The number of hydrogen-bond acceptors (Lipinski definition) is 4. The molecule has 0 atom stereocenters. The first-order valence-corrected chi connectivity index (χ1v) is 10.4. The first-order valence-electron chi connectivity index (χ1n) is 9.62. The molecule has 2 aromatic rings. The Morgan fingerprint density at radius 3 is 2.19 bits per heavy atom. The Kier molecular flexibility index (Phi) is 7.93. The number of benzene rings is 2. The number of hydrogen-bond donors (Lipinski definition) is 0. The van der Waals surface area contributed by atoms with Crippen molar-refractivity contribution in [2.75, 3.05) is 33.3 Å². The fourth-order valence-corrected chi connectivity index (χ4v) is 3.77. The van der Waals surface area contributed by atoms with Crippen LogP contribution in [-0.2, 0) is 4.79 Å². The molecule has 1 heterocycles. The second kappa shape index (κ2) is 10.7. The fraction of sp³-hybridized carbons (Fsp3) is 0.273. The van der Waals surface area contributed by atoms with Gasteiger partial charge < -0.3 is 19.3 Å². The van der Waals surface area contributed by atoms with Gasteiger partial charge in [-0.05, 0) is 42.0 Å². The standard InChI is InChI=1S/C22H20Cl2F2N2O4/c1-31-19-10-14(2-4-18(19)32-22(25)26)3-5-20(29)27-6-8-28(9-7-27)21(30)15-11-16(23)13-17(24)12-15/h2-5,10-13,22H,6-9H2,1H3/b5-3+. The first-order chi connectivity index (χ1) is 15.3. The molecule has 3 rings (SSSR count). The predicted octanol–water partition coefficient (Wildman–Crippen LogP) is 4.60. The number of amides is 2. The number of carbonyl (C=O) groups is 2. The topological polar surface area (TPSA) is 59.1 Å². The van der Waals surface area contributed by atoms with E-state index >= 15 is 0 Å². The van der Waals surface area contributed by atoms with E-state index in [-0.39, 0.29) is 23.3 Å². The van der Waals surface area contributed by atoms with Crippen LogP contribution in [0.3, 0.4) is 0 Å². The van der Waals surface area contributed by atoms with E-state index in [9.17, 15) is 18.4 Å². The summed E-state index contributed by atoms with van der Waals surface area (Å²) in [5.74, 6) is -0.383. The van der Waals surface area contributed by atoms with Crippen molar-refractivity contribution < 1.29 is 27.8 Å². The van der Waals surface area contributed by atoms with E-state index in [4.69, 9.17) is 27.9 Å². The quantitative estimate of drug-likeness (QED) is 0.562. The largest absolute Gasteiger partial charge is 0.493 e. The summed E-state index contributed by atoms with van der Waals surface area (Å²) in [4.78, 5) is 28.5. The van der Waals surface area contributed by atoms with E-state index in [1.165, 1.54) is 31.4 Å². The lowest BCUT2D eigenvalue weighted by Gasteiger charge is -2.34. The Labute approximate surface area is 193 Å². The zero-order valence-electron chi connectivity index (χ0n) is 17.1. The van der Waals surface area contributed by atoms with Crippen LogP contribution in [0.5, 0.6) is 11.5 Å². The summed E-state index contributed by atoms with van der Waals surface area (Å²) >= 11 is 11.9. The molecule has 1 aliphatic heterocycles. The third-order valence-corrected chi connectivity index (χ3v) is 5.25. The van der Waals surface area contributed by atoms with Gasteiger partial charge >= 0.3 is 6.61 Å². The van der Waals surface area contributed by atoms with Gasteiger partial charge in [0.2, 0.25) is 5.91 Å². The van der Waals surface area contributed by atoms with Crippen LogP contribution in [0.1, 0.15) is 15.9 Å². The Morgan fingerprint density at radius 2 is 1.59 bits per heavy atom. The van der Waals surface area contributed by atoms with Crippen LogP contribution in [-0.4, -0.2) is 61.5 Å². The summed E-state index contributed by atoms with van der Waals surface area (Å²) in [6.07, 6.45) is 2.94. The fourth-order valence-electron chi connectivity index (χ4n) is 3.24. The van der Waals surface area contributed by atoms with E-state index in [1.807, 2.05) is 0 Å². The van der Waals surface area contributed by atoms with Gasteiger partial charge in [-0.25, -0.2) is 0 Å². The molecule has 0 spiro atoms. The molecule has 0 unspecified atom stereocenters. The van der Waals surface area contributed by atoms with Crippen LogP contribution < -0.4 is 9.47 Å². The highest BCUT2D eigenvalue weighted by atomic mass is 35.5. The molecule has 2 amide bonds. The van der Waals surface area contributed by atoms with Crippen molar-refractivity contribution in [3.63, 3.8) is 0 Å². The van der Waals surface area contributed by atoms with Crippen molar-refractivity contribution in [2.45, 2.75) is 6.61 Å². The minimum absolute atomic E-state index is 0.0900. The van der Waals surface area contributed by atoms with Crippen molar-refractivity contribution in [1.29, 1.82) is 0 Å². The molecule has 0 radical (unpaired) electrons. The van der Waals surface area contributed by atoms with E-state index < -0.39 is 6.61 Å². The molecule has 170 valence electrons. The lowest BCUT2D eigenvalue weighted by Crippen LogP contribution is -2.50. The number of nitrogens with zero attached hydrogens (tertiary/aromatic N) is 2. The SMILES string of the molecule is COc1cc(/C=C/C(=O)N2CCN(C(=O)c3cc(Cl)cc(Cl)c3)CC2)ccc1OC(F)F. The Hall–Kier alpha value is -2.84. The Balaban J connectivity index is 1.58. The van der Waals surface area contributed by atoms with Crippen molar-refractivity contribution >= 4 is 41.1 Å². The van der Waals surface area contributed by atoms with Gasteiger partial charge in [-0.3, -0.25) is 9.59 Å². The van der Waals surface area contributed by atoms with Crippen LogP contribution in [0.4, 0.5) is 8.78 Å². The van der Waals surface area contributed by atoms with Gasteiger partial charge in [0.05, 0.1) is 7.11 Å². The first kappa shape index (κ1) is 23.8. The molecule has 0 aromatic heterocycles. The molecule has 32 heavy (non-hydrogen) atoms. The van der Waals surface area contributed by atoms with E-state index in [1.54, 1.807) is 34.1 Å². The molecular weight excluding hydrogens is 465 g/mol. The highest BCUT2D eigenvalue weighted by Crippen LogP contribution is 2.30. The van der Waals surface area contributed by atoms with Crippen LogP contribution in [0.2, 0.25) is 10.0 Å². The summed E-state index contributed by atoms with van der Waals surface area (Å²) in [6.45, 7) is -1.48. The summed E-state index contributed by atoms with van der Waals surface area (Å²) in [6, 6.07) is 9.05. The Morgan fingerprint density at radius 1 is 0.969 bits per heavy atom. The van der Waals surface area contributed by atoms with Crippen molar-refractivity contribution in [3.05, 3.63) is 63.6 Å². The lowest BCUT2D eigenvalue weighted by molar-refractivity contribution is -0.127.